The van der Waals surface area contributed by atoms with Crippen LogP contribution < -0.4 is 0 Å². The van der Waals surface area contributed by atoms with Crippen molar-refractivity contribution in [2.45, 2.75) is 71.9 Å². The molecule has 0 fully saturated rings. The average molecular weight is 513 g/mol. The number of tetrazole rings is 1. The summed E-state index contributed by atoms with van der Waals surface area (Å²) < 4.78 is 6.80. The van der Waals surface area contributed by atoms with E-state index in [0.717, 1.165) is 22.0 Å². The van der Waals surface area contributed by atoms with E-state index in [1.54, 1.807) is 4.80 Å². The number of esters is 1. The Kier molecular flexibility index (Phi) is 8.40. The molecule has 2 atom stereocenters. The highest BCUT2D eigenvalue weighted by Gasteiger charge is 2.35. The maximum atomic E-state index is 13.3. The van der Waals surface area contributed by atoms with Crippen molar-refractivity contribution in [3.05, 3.63) is 75.5 Å². The summed E-state index contributed by atoms with van der Waals surface area (Å²) in [6.07, 6.45) is 2.16. The zero-order chi connectivity index (χ0) is 24.0. The molecule has 6 nitrogen and oxygen atoms in total. The molecule has 0 aliphatic heterocycles. The molecule has 0 saturated carbocycles. The van der Waals surface area contributed by atoms with Crippen LogP contribution in [0.1, 0.15) is 69.0 Å². The second-order valence-corrected chi connectivity index (χ2v) is 10.3. The van der Waals surface area contributed by atoms with E-state index >= 15 is 0 Å². The fourth-order valence-electron chi connectivity index (χ4n) is 3.81. The lowest BCUT2D eigenvalue weighted by Gasteiger charge is -2.28. The van der Waals surface area contributed by atoms with Gasteiger partial charge in [0.2, 0.25) is 0 Å². The predicted molar refractivity (Wildman–Crippen MR) is 133 cm³/mol. The van der Waals surface area contributed by atoms with Gasteiger partial charge in [-0.05, 0) is 62.9 Å². The second-order valence-electron chi connectivity index (χ2n) is 9.49. The van der Waals surface area contributed by atoms with E-state index in [4.69, 9.17) is 9.84 Å². The number of ether oxygens (including phenoxy) is 1. The summed E-state index contributed by atoms with van der Waals surface area (Å²) in [5.41, 5.74) is 2.85. The van der Waals surface area contributed by atoms with Crippen LogP contribution >= 0.6 is 15.9 Å². The van der Waals surface area contributed by atoms with E-state index < -0.39 is 5.60 Å². The van der Waals surface area contributed by atoms with E-state index in [1.165, 1.54) is 5.56 Å². The monoisotopic (exact) mass is 512 g/mol. The van der Waals surface area contributed by atoms with E-state index in [-0.39, 0.29) is 17.8 Å². The number of hydrogen-bond donors (Lipinski definition) is 0. The molecule has 0 aliphatic rings. The summed E-state index contributed by atoms with van der Waals surface area (Å²) in [6.45, 7) is 10.4. The van der Waals surface area contributed by atoms with Gasteiger partial charge in [-0.25, -0.2) is 0 Å². The van der Waals surface area contributed by atoms with Crippen molar-refractivity contribution in [1.29, 1.82) is 0 Å². The molecule has 7 heteroatoms. The van der Waals surface area contributed by atoms with Crippen LogP contribution in [0.4, 0.5) is 0 Å². The highest BCUT2D eigenvalue weighted by atomic mass is 79.9. The van der Waals surface area contributed by atoms with Gasteiger partial charge in [-0.3, -0.25) is 4.79 Å². The van der Waals surface area contributed by atoms with Gasteiger partial charge in [-0.1, -0.05) is 77.3 Å². The molecule has 1 aromatic heterocycles. The number of rotatable bonds is 9. The first-order valence-electron chi connectivity index (χ1n) is 11.5. The van der Waals surface area contributed by atoms with Crippen molar-refractivity contribution in [1.82, 2.24) is 20.2 Å². The number of hydrogen-bond acceptors (Lipinski definition) is 5. The molecule has 176 valence electrons. The molecule has 2 aromatic carbocycles. The van der Waals surface area contributed by atoms with Crippen LogP contribution in [0.3, 0.4) is 0 Å². The summed E-state index contributed by atoms with van der Waals surface area (Å²) in [7, 11) is 0. The summed E-state index contributed by atoms with van der Waals surface area (Å²) in [5, 5.41) is 13.4. The van der Waals surface area contributed by atoms with Gasteiger partial charge in [0.15, 0.2) is 5.82 Å². The van der Waals surface area contributed by atoms with E-state index in [1.807, 2.05) is 39.0 Å². The maximum Gasteiger partial charge on any atom is 0.310 e. The predicted octanol–water partition coefficient (Wildman–Crippen LogP) is 5.88. The number of aromatic nitrogens is 4. The third kappa shape index (κ3) is 7.22. The van der Waals surface area contributed by atoms with Crippen molar-refractivity contribution < 1.29 is 9.53 Å². The molecular formula is C26H33BrN4O2. The molecule has 0 aliphatic carbocycles. The molecule has 0 bridgehead atoms. The summed E-state index contributed by atoms with van der Waals surface area (Å²) in [4.78, 5) is 14.9. The van der Waals surface area contributed by atoms with Crippen molar-refractivity contribution >= 4 is 21.9 Å². The van der Waals surface area contributed by atoms with Gasteiger partial charge in [0.05, 0.1) is 12.5 Å². The lowest BCUT2D eigenvalue weighted by molar-refractivity contribution is -0.161. The van der Waals surface area contributed by atoms with Crippen molar-refractivity contribution in [2.24, 2.45) is 5.92 Å². The van der Waals surface area contributed by atoms with Gasteiger partial charge >= 0.3 is 5.97 Å². The van der Waals surface area contributed by atoms with Crippen LogP contribution in [0.2, 0.25) is 0 Å². The van der Waals surface area contributed by atoms with Crippen molar-refractivity contribution in [3.8, 4) is 0 Å². The lowest BCUT2D eigenvalue weighted by atomic mass is 9.83. The number of carbonyl (C=O) groups excluding carboxylic acids is 1. The summed E-state index contributed by atoms with van der Waals surface area (Å²) in [5.74, 6) is -0.248. The Balaban J connectivity index is 1.93. The van der Waals surface area contributed by atoms with Gasteiger partial charge in [-0.15, -0.1) is 10.2 Å². The fourth-order valence-corrected chi connectivity index (χ4v) is 4.26. The Morgan fingerprint density at radius 2 is 1.82 bits per heavy atom. The first-order chi connectivity index (χ1) is 15.7. The molecule has 0 spiro atoms. The molecule has 33 heavy (non-hydrogen) atoms. The van der Waals surface area contributed by atoms with Gasteiger partial charge in [-0.2, -0.15) is 4.80 Å². The average Bonchev–Trinajstić information content (AvgIpc) is 3.20. The van der Waals surface area contributed by atoms with E-state index in [0.29, 0.717) is 25.2 Å². The lowest BCUT2D eigenvalue weighted by Crippen LogP contribution is -2.33. The molecular weight excluding hydrogens is 480 g/mol. The van der Waals surface area contributed by atoms with Crippen molar-refractivity contribution in [3.63, 3.8) is 0 Å². The maximum absolute atomic E-state index is 13.3. The Morgan fingerprint density at radius 1 is 1.12 bits per heavy atom. The van der Waals surface area contributed by atoms with E-state index in [9.17, 15) is 4.79 Å². The standard InChI is InChI=1S/C26H33BrN4O2/c1-6-9-21(25(32)33-26(3,4)5)22(16-20-10-7-8-11-23(20)27)24-28-30-31(29-24)17-19-14-12-18(2)13-15-19/h7-8,10-15,21-22H,6,9,16-17H2,1-5H3/t21-,22-/m0/s1. The van der Waals surface area contributed by atoms with Gasteiger partial charge in [0.25, 0.3) is 0 Å². The zero-order valence-electron chi connectivity index (χ0n) is 20.1. The quantitative estimate of drug-likeness (QED) is 0.335. The van der Waals surface area contributed by atoms with Crippen LogP contribution in [0.15, 0.2) is 53.0 Å². The number of carbonyl (C=O) groups is 1. The second kappa shape index (κ2) is 11.1. The van der Waals surface area contributed by atoms with Crippen LogP contribution in [0.5, 0.6) is 0 Å². The minimum atomic E-state index is -0.558. The zero-order valence-corrected chi connectivity index (χ0v) is 21.7. The number of aryl methyl sites for hydroxylation is 1. The number of benzene rings is 2. The molecule has 0 saturated heterocycles. The third-order valence-corrected chi connectivity index (χ3v) is 6.21. The molecule has 0 unspecified atom stereocenters. The van der Waals surface area contributed by atoms with Crippen LogP contribution in [-0.2, 0) is 22.5 Å². The normalized spacial score (nSPS) is 13.5. The topological polar surface area (TPSA) is 69.9 Å². The van der Waals surface area contributed by atoms with Crippen LogP contribution in [0, 0.1) is 12.8 Å². The highest BCUT2D eigenvalue weighted by molar-refractivity contribution is 9.10. The van der Waals surface area contributed by atoms with E-state index in [2.05, 4.69) is 70.4 Å². The minimum Gasteiger partial charge on any atom is -0.460 e. The van der Waals surface area contributed by atoms with Gasteiger partial charge in [0.1, 0.15) is 5.60 Å². The molecule has 3 rings (SSSR count). The fraction of sp³-hybridized carbons (Fsp3) is 0.462. The smallest absolute Gasteiger partial charge is 0.310 e. The first kappa shape index (κ1) is 25.1. The number of halogens is 1. The Hall–Kier alpha value is -2.54. The SMILES string of the molecule is CCC[C@H](C(=O)OC(C)(C)C)[C@H](Cc1ccccc1Br)c1nnn(Cc2ccc(C)cc2)n1. The van der Waals surface area contributed by atoms with Crippen LogP contribution in [0.25, 0.3) is 0 Å². The molecule has 0 N–H and O–H groups in total. The largest absolute Gasteiger partial charge is 0.460 e. The summed E-state index contributed by atoms with van der Waals surface area (Å²) >= 11 is 3.65. The van der Waals surface area contributed by atoms with Crippen LogP contribution in [-0.4, -0.2) is 31.8 Å². The van der Waals surface area contributed by atoms with Gasteiger partial charge < -0.3 is 4.74 Å². The Labute approximate surface area is 204 Å². The molecule has 0 amide bonds. The minimum absolute atomic E-state index is 0.212. The summed E-state index contributed by atoms with van der Waals surface area (Å²) in [6, 6.07) is 16.3. The van der Waals surface area contributed by atoms with Crippen molar-refractivity contribution in [2.75, 3.05) is 0 Å². The Bertz CT molecular complexity index is 1060. The molecule has 0 radical (unpaired) electrons. The first-order valence-corrected chi connectivity index (χ1v) is 12.2. The molecule has 3 aromatic rings. The van der Waals surface area contributed by atoms with Gasteiger partial charge in [0, 0.05) is 10.4 Å². The number of nitrogens with zero attached hydrogens (tertiary/aromatic N) is 4. The third-order valence-electron chi connectivity index (χ3n) is 5.44. The molecule has 1 heterocycles. The highest BCUT2D eigenvalue weighted by Crippen LogP contribution is 2.33. The Morgan fingerprint density at radius 3 is 2.45 bits per heavy atom.